The number of methoxy groups -OCH3 is 1. The summed E-state index contributed by atoms with van der Waals surface area (Å²) in [5.74, 6) is -2.55. The van der Waals surface area contributed by atoms with Crippen molar-refractivity contribution in [3.05, 3.63) is 0 Å². The molecule has 18 atom stereocenters. The predicted octanol–water partition coefficient (Wildman–Crippen LogP) is 2.83. The zero-order valence-corrected chi connectivity index (χ0v) is 35.7. The van der Waals surface area contributed by atoms with Crippen LogP contribution in [0.4, 0.5) is 0 Å². The number of nitrogens with zero attached hydrogens (tertiary/aromatic N) is 2. The first-order chi connectivity index (χ1) is 25.6. The number of rotatable bonds is 7. The second-order valence-electron chi connectivity index (χ2n) is 18.3. The molecule has 4 aliphatic rings. The maximum Gasteiger partial charge on any atom is 0.311 e. The molecule has 4 saturated heterocycles. The van der Waals surface area contributed by atoms with Gasteiger partial charge in [0.1, 0.15) is 30.0 Å². The summed E-state index contributed by atoms with van der Waals surface area (Å²) in [6.07, 6.45) is -4.69. The Morgan fingerprint density at radius 2 is 1.53 bits per heavy atom. The predicted molar refractivity (Wildman–Crippen MR) is 206 cm³/mol. The van der Waals surface area contributed by atoms with Crippen LogP contribution >= 0.6 is 0 Å². The van der Waals surface area contributed by atoms with Crippen molar-refractivity contribution in [3.63, 3.8) is 0 Å². The largest absolute Gasteiger partial charge is 0.459 e. The van der Waals surface area contributed by atoms with Gasteiger partial charge in [0, 0.05) is 38.1 Å². The van der Waals surface area contributed by atoms with Crippen LogP contribution in [0.3, 0.4) is 0 Å². The van der Waals surface area contributed by atoms with Gasteiger partial charge in [0.25, 0.3) is 0 Å². The second kappa shape index (κ2) is 18.9. The van der Waals surface area contributed by atoms with Crippen LogP contribution in [-0.4, -0.2) is 165 Å². The van der Waals surface area contributed by atoms with Crippen LogP contribution in [0.1, 0.15) is 114 Å². The zero-order chi connectivity index (χ0) is 41.2. The van der Waals surface area contributed by atoms with Gasteiger partial charge in [0.15, 0.2) is 12.6 Å². The average Bonchev–Trinajstić information content (AvgIpc) is 3.13. The van der Waals surface area contributed by atoms with Crippen LogP contribution in [0.25, 0.3) is 0 Å². The highest BCUT2D eigenvalue weighted by atomic mass is 16.7. The molecule has 14 nitrogen and oxygen atoms in total. The van der Waals surface area contributed by atoms with Crippen LogP contribution in [0, 0.1) is 17.8 Å². The van der Waals surface area contributed by atoms with E-state index in [0.717, 1.165) is 32.4 Å². The van der Waals surface area contributed by atoms with E-state index in [-0.39, 0.29) is 37.3 Å². The fourth-order valence-electron chi connectivity index (χ4n) is 9.84. The molecular formula is C41H76N2O12. The number of likely N-dealkylation sites (N-methyl/N-ethyl adjacent to an activating group) is 1. The van der Waals surface area contributed by atoms with Crippen molar-refractivity contribution in [2.24, 2.45) is 17.8 Å². The third-order valence-electron chi connectivity index (χ3n) is 13.4. The molecule has 0 spiro atoms. The highest BCUT2D eigenvalue weighted by molar-refractivity contribution is 5.73. The van der Waals surface area contributed by atoms with E-state index in [1.165, 1.54) is 14.0 Å². The Bertz CT molecular complexity index is 1220. The molecule has 0 aromatic carbocycles. The summed E-state index contributed by atoms with van der Waals surface area (Å²) >= 11 is 0. The van der Waals surface area contributed by atoms with Crippen molar-refractivity contribution in [1.82, 2.24) is 9.80 Å². The Morgan fingerprint density at radius 1 is 0.891 bits per heavy atom. The van der Waals surface area contributed by atoms with E-state index in [1.54, 1.807) is 34.6 Å². The number of ether oxygens (including phenoxy) is 6. The van der Waals surface area contributed by atoms with Gasteiger partial charge in [-0.15, -0.1) is 0 Å². The number of piperidine rings is 1. The maximum absolute atomic E-state index is 14.3. The highest BCUT2D eigenvalue weighted by Crippen LogP contribution is 2.40. The minimum absolute atomic E-state index is 0.136. The van der Waals surface area contributed by atoms with Crippen molar-refractivity contribution in [2.75, 3.05) is 33.8 Å². The van der Waals surface area contributed by atoms with Gasteiger partial charge in [0.05, 0.1) is 41.5 Å². The molecule has 14 heteroatoms. The summed E-state index contributed by atoms with van der Waals surface area (Å²) in [6, 6.07) is -0.721. The summed E-state index contributed by atoms with van der Waals surface area (Å²) in [5.41, 5.74) is -4.36. The van der Waals surface area contributed by atoms with Crippen LogP contribution in [-0.2, 0) is 33.2 Å². The number of aliphatic hydroxyl groups is 5. The molecule has 4 rings (SSSR count). The molecule has 4 fully saturated rings. The summed E-state index contributed by atoms with van der Waals surface area (Å²) in [4.78, 5) is 18.6. The molecule has 0 unspecified atom stereocenters. The van der Waals surface area contributed by atoms with Gasteiger partial charge in [-0.25, -0.2) is 0 Å². The number of cyclic esters (lactones) is 1. The number of esters is 1. The second-order valence-corrected chi connectivity index (χ2v) is 18.3. The molecule has 0 aromatic rings. The Kier molecular flexibility index (Phi) is 16.1. The minimum atomic E-state index is -1.80. The molecule has 0 radical (unpaired) electrons. The number of likely N-dealkylation sites (tertiary alicyclic amines) is 1. The fraction of sp³-hybridized carbons (Fsp3) is 0.976. The lowest BCUT2D eigenvalue weighted by Gasteiger charge is -2.49. The summed E-state index contributed by atoms with van der Waals surface area (Å²) < 4.78 is 38.0. The highest BCUT2D eigenvalue weighted by Gasteiger charge is 2.53. The first-order valence-electron chi connectivity index (χ1n) is 20.9. The monoisotopic (exact) mass is 789 g/mol. The topological polar surface area (TPSA) is 180 Å². The molecule has 4 heterocycles. The normalized spacial score (nSPS) is 49.5. The summed E-state index contributed by atoms with van der Waals surface area (Å²) in [5, 5.41) is 58.8. The van der Waals surface area contributed by atoms with Crippen LogP contribution in [0.15, 0.2) is 0 Å². The fourth-order valence-corrected chi connectivity index (χ4v) is 9.84. The van der Waals surface area contributed by atoms with E-state index in [2.05, 4.69) is 4.90 Å². The first kappa shape index (κ1) is 46.7. The van der Waals surface area contributed by atoms with Crippen LogP contribution in [0.5, 0.6) is 0 Å². The van der Waals surface area contributed by atoms with E-state index in [4.69, 9.17) is 28.4 Å². The number of aliphatic hydroxyl groups excluding tert-OH is 3. The molecule has 0 amide bonds. The Hall–Kier alpha value is -1.01. The zero-order valence-electron chi connectivity index (χ0n) is 35.7. The van der Waals surface area contributed by atoms with Crippen molar-refractivity contribution in [3.8, 4) is 0 Å². The lowest BCUT2D eigenvalue weighted by molar-refractivity contribution is -0.318. The van der Waals surface area contributed by atoms with E-state index in [0.29, 0.717) is 13.0 Å². The first-order valence-corrected chi connectivity index (χ1v) is 20.9. The Morgan fingerprint density at radius 3 is 2.13 bits per heavy atom. The van der Waals surface area contributed by atoms with Gasteiger partial charge >= 0.3 is 5.97 Å². The molecular weight excluding hydrogens is 712 g/mol. The number of carbonyl (C=O) groups is 1. The maximum atomic E-state index is 14.3. The van der Waals surface area contributed by atoms with Crippen molar-refractivity contribution in [2.45, 2.75) is 204 Å². The molecule has 5 N–H and O–H groups in total. The molecule has 4 aliphatic heterocycles. The van der Waals surface area contributed by atoms with Gasteiger partial charge in [-0.05, 0) is 107 Å². The molecule has 55 heavy (non-hydrogen) atoms. The number of hydrogen-bond donors (Lipinski definition) is 5. The molecule has 0 bridgehead atoms. The molecule has 0 aliphatic carbocycles. The number of carbonyl (C=O) groups excluding carboxylic acids is 1. The van der Waals surface area contributed by atoms with E-state index in [9.17, 15) is 30.3 Å². The van der Waals surface area contributed by atoms with Crippen molar-refractivity contribution in [1.29, 1.82) is 0 Å². The Labute approximate surface area is 330 Å². The average molecular weight is 789 g/mol. The Balaban J connectivity index is 1.80. The van der Waals surface area contributed by atoms with Gasteiger partial charge in [-0.1, -0.05) is 27.2 Å². The van der Waals surface area contributed by atoms with E-state index >= 15 is 0 Å². The molecule has 0 saturated carbocycles. The SMILES string of the molecule is CC[C@H]1OC(=O)[C@H](C)[C@@H](O[C@H]2C[C@@](C)(OC)[C@@H](O)[C@H](C)O2)[C@H](C)[C@@H](O[C@@H]2O[C@H](C)C[C@H](N3CCCCC3)[C@H]2O)[C@](C)(O)C[C@@H](C)CN(C)[C@H](C)[C@@H](O)[C@]1(C)O. The molecule has 0 aromatic heterocycles. The van der Waals surface area contributed by atoms with Gasteiger partial charge in [0.2, 0.25) is 0 Å². The van der Waals surface area contributed by atoms with Gasteiger partial charge < -0.3 is 58.9 Å². The van der Waals surface area contributed by atoms with Crippen molar-refractivity contribution < 1.29 is 58.7 Å². The summed E-state index contributed by atoms with van der Waals surface area (Å²) in [6.45, 7) is 20.0. The minimum Gasteiger partial charge on any atom is -0.459 e. The standard InChI is InChI=1S/C41H76N2O12/c1-13-30-41(10,49)34(45)27(6)42(11)22-23(2)20-39(8,48)36(55-38-32(44)29(19-24(3)51-38)43-17-15-14-16-18-43)25(4)33(26(5)37(47)53-30)54-31-21-40(9,50-12)35(46)28(7)52-31/h23-36,38,44-46,48-49H,13-22H2,1-12H3/t23-,24-,25+,26-,27-,28+,29+,30-,31+,32-,33+,34-,35+,36-,38+,39-,40-,41-/m1/s1. The van der Waals surface area contributed by atoms with Gasteiger partial charge in [-0.2, -0.15) is 0 Å². The van der Waals surface area contributed by atoms with E-state index < -0.39 is 96.0 Å². The lowest BCUT2D eigenvalue weighted by atomic mass is 9.77. The molecule has 322 valence electrons. The smallest absolute Gasteiger partial charge is 0.311 e. The van der Waals surface area contributed by atoms with Crippen LogP contribution < -0.4 is 0 Å². The van der Waals surface area contributed by atoms with Crippen molar-refractivity contribution >= 4 is 5.97 Å². The van der Waals surface area contributed by atoms with E-state index in [1.807, 2.05) is 39.6 Å². The third-order valence-corrected chi connectivity index (χ3v) is 13.4. The van der Waals surface area contributed by atoms with Gasteiger partial charge in [-0.3, -0.25) is 9.69 Å². The lowest BCUT2D eigenvalue weighted by Crippen LogP contribution is -2.61. The number of hydrogen-bond acceptors (Lipinski definition) is 14. The summed E-state index contributed by atoms with van der Waals surface area (Å²) in [7, 11) is 3.37. The third kappa shape index (κ3) is 10.6. The quantitative estimate of drug-likeness (QED) is 0.238. The van der Waals surface area contributed by atoms with Crippen LogP contribution in [0.2, 0.25) is 0 Å².